The summed E-state index contributed by atoms with van der Waals surface area (Å²) in [7, 11) is 0. The Balaban J connectivity index is 1.74. The lowest BCUT2D eigenvalue weighted by Crippen LogP contribution is -2.47. The summed E-state index contributed by atoms with van der Waals surface area (Å²) < 4.78 is 0. The van der Waals surface area contributed by atoms with Gasteiger partial charge in [-0.1, -0.05) is 30.3 Å². The van der Waals surface area contributed by atoms with Gasteiger partial charge in [0.05, 0.1) is 0 Å². The number of carbonyl (C=O) groups is 1. The van der Waals surface area contributed by atoms with Gasteiger partial charge in [-0.2, -0.15) is 0 Å². The van der Waals surface area contributed by atoms with Gasteiger partial charge in [-0.3, -0.25) is 0 Å². The van der Waals surface area contributed by atoms with Crippen LogP contribution < -0.4 is 5.32 Å². The highest BCUT2D eigenvalue weighted by Gasteiger charge is 2.22. The van der Waals surface area contributed by atoms with E-state index in [1.165, 1.54) is 12.0 Å². The Bertz CT molecular complexity index is 377. The van der Waals surface area contributed by atoms with Gasteiger partial charge in [-0.15, -0.1) is 0 Å². The monoisotopic (exact) mass is 246 g/mol. The van der Waals surface area contributed by atoms with Crippen molar-refractivity contribution < 1.29 is 4.79 Å². The largest absolute Gasteiger partial charge is 0.338 e. The number of hydrogen-bond donors (Lipinski definition) is 1. The van der Waals surface area contributed by atoms with Gasteiger partial charge in [0, 0.05) is 19.1 Å². The van der Waals surface area contributed by atoms with Crippen molar-refractivity contribution in [2.24, 2.45) is 0 Å². The van der Waals surface area contributed by atoms with Crippen LogP contribution in [0.3, 0.4) is 0 Å². The second-order valence-electron chi connectivity index (χ2n) is 5.01. The van der Waals surface area contributed by atoms with Crippen LogP contribution in [0.4, 0.5) is 4.79 Å². The van der Waals surface area contributed by atoms with E-state index in [2.05, 4.69) is 24.4 Å². The lowest BCUT2D eigenvalue weighted by Gasteiger charge is -2.33. The van der Waals surface area contributed by atoms with Gasteiger partial charge < -0.3 is 10.2 Å². The van der Waals surface area contributed by atoms with Gasteiger partial charge in [0.1, 0.15) is 0 Å². The Labute approximate surface area is 109 Å². The highest BCUT2D eigenvalue weighted by atomic mass is 16.2. The Hall–Kier alpha value is -1.51. The standard InChI is InChI=1S/C15H22N2O/c1-13-7-5-6-12-17(13)15(18)16-11-10-14-8-3-2-4-9-14/h2-4,8-9,13H,5-7,10-12H2,1H3,(H,16,18). The van der Waals surface area contributed by atoms with Crippen LogP contribution in [0.2, 0.25) is 0 Å². The first-order chi connectivity index (χ1) is 8.77. The average molecular weight is 246 g/mol. The van der Waals surface area contributed by atoms with Crippen LogP contribution in [-0.2, 0) is 6.42 Å². The zero-order chi connectivity index (χ0) is 12.8. The summed E-state index contributed by atoms with van der Waals surface area (Å²) in [6.45, 7) is 3.75. The lowest BCUT2D eigenvalue weighted by atomic mass is 10.0. The van der Waals surface area contributed by atoms with E-state index < -0.39 is 0 Å². The van der Waals surface area contributed by atoms with Gasteiger partial charge in [0.15, 0.2) is 0 Å². The maximum atomic E-state index is 12.0. The molecule has 2 amide bonds. The average Bonchev–Trinajstić information content (AvgIpc) is 2.40. The summed E-state index contributed by atoms with van der Waals surface area (Å²) in [5.41, 5.74) is 1.27. The van der Waals surface area contributed by atoms with E-state index in [0.29, 0.717) is 12.6 Å². The maximum Gasteiger partial charge on any atom is 0.317 e. The van der Waals surface area contributed by atoms with Crippen molar-refractivity contribution in [1.82, 2.24) is 10.2 Å². The number of amides is 2. The molecule has 2 rings (SSSR count). The first kappa shape index (κ1) is 12.9. The second kappa shape index (κ2) is 6.43. The number of hydrogen-bond acceptors (Lipinski definition) is 1. The van der Waals surface area contributed by atoms with Crippen LogP contribution in [0, 0.1) is 0 Å². The number of benzene rings is 1. The first-order valence-corrected chi connectivity index (χ1v) is 6.86. The molecular formula is C15H22N2O. The highest BCUT2D eigenvalue weighted by molar-refractivity contribution is 5.74. The Morgan fingerprint density at radius 2 is 2.11 bits per heavy atom. The lowest BCUT2D eigenvalue weighted by molar-refractivity contribution is 0.158. The fourth-order valence-electron chi connectivity index (χ4n) is 2.46. The van der Waals surface area contributed by atoms with Crippen LogP contribution in [0.15, 0.2) is 30.3 Å². The molecule has 98 valence electrons. The molecule has 1 aromatic carbocycles. The Morgan fingerprint density at radius 3 is 2.83 bits per heavy atom. The van der Waals surface area contributed by atoms with E-state index >= 15 is 0 Å². The summed E-state index contributed by atoms with van der Waals surface area (Å²) in [5.74, 6) is 0. The topological polar surface area (TPSA) is 32.3 Å². The van der Waals surface area contributed by atoms with E-state index in [1.54, 1.807) is 0 Å². The fourth-order valence-corrected chi connectivity index (χ4v) is 2.46. The van der Waals surface area contributed by atoms with Gasteiger partial charge in [-0.25, -0.2) is 4.79 Å². The molecule has 18 heavy (non-hydrogen) atoms. The molecule has 1 N–H and O–H groups in total. The molecule has 0 bridgehead atoms. The van der Waals surface area contributed by atoms with Crippen molar-refractivity contribution in [1.29, 1.82) is 0 Å². The van der Waals surface area contributed by atoms with Crippen LogP contribution >= 0.6 is 0 Å². The minimum absolute atomic E-state index is 0.0955. The van der Waals surface area contributed by atoms with Crippen molar-refractivity contribution >= 4 is 6.03 Å². The van der Waals surface area contributed by atoms with E-state index in [9.17, 15) is 4.79 Å². The van der Waals surface area contributed by atoms with E-state index in [4.69, 9.17) is 0 Å². The smallest absolute Gasteiger partial charge is 0.317 e. The third kappa shape index (κ3) is 3.49. The summed E-state index contributed by atoms with van der Waals surface area (Å²) in [5, 5.41) is 3.02. The van der Waals surface area contributed by atoms with Crippen LogP contribution in [-0.4, -0.2) is 30.1 Å². The number of piperidine rings is 1. The molecule has 1 aromatic rings. The molecule has 0 aromatic heterocycles. The van der Waals surface area contributed by atoms with Crippen LogP contribution in [0.5, 0.6) is 0 Å². The zero-order valence-corrected chi connectivity index (χ0v) is 11.1. The predicted octanol–water partition coefficient (Wildman–Crippen LogP) is 2.81. The minimum Gasteiger partial charge on any atom is -0.338 e. The molecule has 1 atom stereocenters. The molecule has 0 aliphatic carbocycles. The third-order valence-corrected chi connectivity index (χ3v) is 3.60. The number of rotatable bonds is 3. The molecular weight excluding hydrogens is 224 g/mol. The van der Waals surface area contributed by atoms with Gasteiger partial charge >= 0.3 is 6.03 Å². The normalized spacial score (nSPS) is 19.6. The molecule has 0 spiro atoms. The minimum atomic E-state index is 0.0955. The predicted molar refractivity (Wildman–Crippen MR) is 73.6 cm³/mol. The molecule has 1 fully saturated rings. The summed E-state index contributed by atoms with van der Waals surface area (Å²) in [6, 6.07) is 10.7. The van der Waals surface area contributed by atoms with Crippen molar-refractivity contribution in [3.63, 3.8) is 0 Å². The fraction of sp³-hybridized carbons (Fsp3) is 0.533. The maximum absolute atomic E-state index is 12.0. The van der Waals surface area contributed by atoms with Crippen molar-refractivity contribution in [3.05, 3.63) is 35.9 Å². The molecule has 1 unspecified atom stereocenters. The highest BCUT2D eigenvalue weighted by Crippen LogP contribution is 2.16. The molecule has 0 saturated carbocycles. The third-order valence-electron chi connectivity index (χ3n) is 3.60. The molecule has 1 heterocycles. The molecule has 1 saturated heterocycles. The van der Waals surface area contributed by atoms with E-state index in [1.807, 2.05) is 23.1 Å². The zero-order valence-electron chi connectivity index (χ0n) is 11.1. The van der Waals surface area contributed by atoms with Crippen molar-refractivity contribution in [2.75, 3.05) is 13.1 Å². The van der Waals surface area contributed by atoms with Crippen molar-refractivity contribution in [2.45, 2.75) is 38.6 Å². The van der Waals surface area contributed by atoms with E-state index in [-0.39, 0.29) is 6.03 Å². The number of nitrogens with one attached hydrogen (secondary N) is 1. The molecule has 0 radical (unpaired) electrons. The van der Waals surface area contributed by atoms with E-state index in [0.717, 1.165) is 25.8 Å². The summed E-state index contributed by atoms with van der Waals surface area (Å²) in [4.78, 5) is 14.0. The van der Waals surface area contributed by atoms with Crippen molar-refractivity contribution in [3.8, 4) is 0 Å². The first-order valence-electron chi connectivity index (χ1n) is 6.86. The molecule has 3 nitrogen and oxygen atoms in total. The number of urea groups is 1. The quantitative estimate of drug-likeness (QED) is 0.874. The Kier molecular flexibility index (Phi) is 4.62. The Morgan fingerprint density at radius 1 is 1.33 bits per heavy atom. The molecule has 1 aliphatic heterocycles. The summed E-state index contributed by atoms with van der Waals surface area (Å²) >= 11 is 0. The number of nitrogens with zero attached hydrogens (tertiary/aromatic N) is 1. The SMILES string of the molecule is CC1CCCCN1C(=O)NCCc1ccccc1. The van der Waals surface area contributed by atoms with Gasteiger partial charge in [0.25, 0.3) is 0 Å². The number of carbonyl (C=O) groups excluding carboxylic acids is 1. The second-order valence-corrected chi connectivity index (χ2v) is 5.01. The van der Waals surface area contributed by atoms with Crippen LogP contribution in [0.25, 0.3) is 0 Å². The molecule has 3 heteroatoms. The van der Waals surface area contributed by atoms with Gasteiger partial charge in [0.2, 0.25) is 0 Å². The number of likely N-dealkylation sites (tertiary alicyclic amines) is 1. The molecule has 1 aliphatic rings. The van der Waals surface area contributed by atoms with Gasteiger partial charge in [-0.05, 0) is 38.2 Å². The van der Waals surface area contributed by atoms with Crippen LogP contribution in [0.1, 0.15) is 31.7 Å². The summed E-state index contributed by atoms with van der Waals surface area (Å²) in [6.07, 6.45) is 4.41.